The number of hydrogen-bond acceptors (Lipinski definition) is 3. The van der Waals surface area contributed by atoms with Gasteiger partial charge in [-0.25, -0.2) is 0 Å². The van der Waals surface area contributed by atoms with Gasteiger partial charge in [0.2, 0.25) is 0 Å². The van der Waals surface area contributed by atoms with E-state index in [1.807, 2.05) is 17.9 Å². The monoisotopic (exact) mass is 263 g/mol. The van der Waals surface area contributed by atoms with Crippen molar-refractivity contribution in [2.45, 2.75) is 33.2 Å². The van der Waals surface area contributed by atoms with Crippen molar-refractivity contribution in [3.05, 3.63) is 39.3 Å². The van der Waals surface area contributed by atoms with Gasteiger partial charge in [-0.15, -0.1) is 11.3 Å². The lowest BCUT2D eigenvalue weighted by Gasteiger charge is -2.17. The van der Waals surface area contributed by atoms with E-state index in [4.69, 9.17) is 0 Å². The standard InChI is InChI=1S/C14H21N3S/c1-5-6-15-14(12-7-10(2)18-9-12)13-8-16-17(4)11(13)3/h7-9,14-15H,5-6H2,1-4H3. The molecule has 0 fully saturated rings. The topological polar surface area (TPSA) is 29.9 Å². The van der Waals surface area contributed by atoms with Gasteiger partial charge in [0.1, 0.15) is 0 Å². The maximum Gasteiger partial charge on any atom is 0.0618 e. The van der Waals surface area contributed by atoms with Crippen molar-refractivity contribution < 1.29 is 0 Å². The molecule has 0 aromatic carbocycles. The van der Waals surface area contributed by atoms with Crippen LogP contribution in [0.2, 0.25) is 0 Å². The lowest BCUT2D eigenvalue weighted by molar-refractivity contribution is 0.595. The van der Waals surface area contributed by atoms with Crippen molar-refractivity contribution in [2.24, 2.45) is 7.05 Å². The average molecular weight is 263 g/mol. The molecule has 1 N–H and O–H groups in total. The SMILES string of the molecule is CCCNC(c1csc(C)c1)c1cnn(C)c1C. The van der Waals surface area contributed by atoms with Crippen LogP contribution < -0.4 is 5.32 Å². The first kappa shape index (κ1) is 13.3. The predicted molar refractivity (Wildman–Crippen MR) is 77.1 cm³/mol. The Kier molecular flexibility index (Phi) is 4.19. The van der Waals surface area contributed by atoms with Gasteiger partial charge < -0.3 is 5.32 Å². The molecule has 0 amide bonds. The van der Waals surface area contributed by atoms with E-state index < -0.39 is 0 Å². The molecule has 0 aliphatic rings. The third kappa shape index (κ3) is 2.65. The molecule has 0 saturated carbocycles. The fourth-order valence-corrected chi connectivity index (χ4v) is 2.84. The van der Waals surface area contributed by atoms with Gasteiger partial charge in [0, 0.05) is 23.2 Å². The summed E-state index contributed by atoms with van der Waals surface area (Å²) in [5.41, 5.74) is 3.86. The summed E-state index contributed by atoms with van der Waals surface area (Å²) < 4.78 is 1.94. The second-order valence-corrected chi connectivity index (χ2v) is 5.80. The van der Waals surface area contributed by atoms with Crippen LogP contribution in [-0.4, -0.2) is 16.3 Å². The highest BCUT2D eigenvalue weighted by Gasteiger charge is 2.18. The molecule has 4 heteroatoms. The summed E-state index contributed by atoms with van der Waals surface area (Å²) in [6.07, 6.45) is 3.12. The van der Waals surface area contributed by atoms with Gasteiger partial charge in [0.05, 0.1) is 12.2 Å². The average Bonchev–Trinajstić information content (AvgIpc) is 2.90. The summed E-state index contributed by atoms with van der Waals surface area (Å²) in [6, 6.07) is 2.54. The van der Waals surface area contributed by atoms with Gasteiger partial charge in [-0.05, 0) is 43.8 Å². The van der Waals surface area contributed by atoms with E-state index in [0.29, 0.717) is 0 Å². The van der Waals surface area contributed by atoms with Crippen LogP contribution in [0, 0.1) is 13.8 Å². The first-order valence-electron chi connectivity index (χ1n) is 6.40. The Morgan fingerprint density at radius 3 is 2.72 bits per heavy atom. The van der Waals surface area contributed by atoms with Crippen LogP contribution in [0.4, 0.5) is 0 Å². The quantitative estimate of drug-likeness (QED) is 0.898. The van der Waals surface area contributed by atoms with Crippen molar-refractivity contribution in [3.63, 3.8) is 0 Å². The Bertz CT molecular complexity index is 513. The summed E-state index contributed by atoms with van der Waals surface area (Å²) in [5, 5.41) is 10.2. The lowest BCUT2D eigenvalue weighted by Crippen LogP contribution is -2.23. The largest absolute Gasteiger partial charge is 0.306 e. The number of thiophene rings is 1. The minimum absolute atomic E-state index is 0.267. The number of aromatic nitrogens is 2. The van der Waals surface area contributed by atoms with Gasteiger partial charge >= 0.3 is 0 Å². The molecule has 18 heavy (non-hydrogen) atoms. The fourth-order valence-electron chi connectivity index (χ4n) is 2.11. The van der Waals surface area contributed by atoms with Crippen LogP contribution in [0.1, 0.15) is 41.1 Å². The van der Waals surface area contributed by atoms with Gasteiger partial charge in [0.15, 0.2) is 0 Å². The molecule has 0 aliphatic heterocycles. The predicted octanol–water partition coefficient (Wildman–Crippen LogP) is 3.19. The Balaban J connectivity index is 2.33. The minimum Gasteiger partial charge on any atom is -0.306 e. The van der Waals surface area contributed by atoms with Crippen molar-refractivity contribution in [1.82, 2.24) is 15.1 Å². The molecule has 2 heterocycles. The molecule has 0 radical (unpaired) electrons. The zero-order valence-corrected chi connectivity index (χ0v) is 12.3. The molecule has 98 valence electrons. The van der Waals surface area contributed by atoms with Crippen LogP contribution in [-0.2, 0) is 7.05 Å². The molecule has 0 spiro atoms. The highest BCUT2D eigenvalue weighted by molar-refractivity contribution is 7.10. The Hall–Kier alpha value is -1.13. The molecule has 2 aromatic rings. The van der Waals surface area contributed by atoms with Crippen LogP contribution in [0.5, 0.6) is 0 Å². The number of hydrogen-bond donors (Lipinski definition) is 1. The van der Waals surface area contributed by atoms with Crippen molar-refractivity contribution >= 4 is 11.3 Å². The summed E-state index contributed by atoms with van der Waals surface area (Å²) in [5.74, 6) is 0. The zero-order valence-electron chi connectivity index (χ0n) is 11.5. The van der Waals surface area contributed by atoms with E-state index in [-0.39, 0.29) is 6.04 Å². The molecule has 3 nitrogen and oxygen atoms in total. The van der Waals surface area contributed by atoms with Crippen molar-refractivity contribution in [3.8, 4) is 0 Å². The summed E-state index contributed by atoms with van der Waals surface area (Å²) in [4.78, 5) is 1.36. The normalized spacial score (nSPS) is 12.9. The Morgan fingerprint density at radius 2 is 2.22 bits per heavy atom. The van der Waals surface area contributed by atoms with E-state index in [2.05, 4.69) is 42.6 Å². The van der Waals surface area contributed by atoms with E-state index in [0.717, 1.165) is 13.0 Å². The highest BCUT2D eigenvalue weighted by atomic mass is 32.1. The lowest BCUT2D eigenvalue weighted by atomic mass is 10.0. The maximum atomic E-state index is 4.36. The second kappa shape index (κ2) is 5.67. The summed E-state index contributed by atoms with van der Waals surface area (Å²) >= 11 is 1.81. The van der Waals surface area contributed by atoms with E-state index >= 15 is 0 Å². The number of nitrogens with zero attached hydrogens (tertiary/aromatic N) is 2. The first-order valence-corrected chi connectivity index (χ1v) is 7.28. The Morgan fingerprint density at radius 1 is 1.44 bits per heavy atom. The molecule has 2 aromatic heterocycles. The molecule has 0 bridgehead atoms. The maximum absolute atomic E-state index is 4.36. The third-order valence-electron chi connectivity index (χ3n) is 3.27. The van der Waals surface area contributed by atoms with Gasteiger partial charge in [-0.3, -0.25) is 4.68 Å². The van der Waals surface area contributed by atoms with E-state index in [9.17, 15) is 0 Å². The number of nitrogens with one attached hydrogen (secondary N) is 1. The molecule has 1 atom stereocenters. The molecule has 1 unspecified atom stereocenters. The third-order valence-corrected chi connectivity index (χ3v) is 4.15. The van der Waals surface area contributed by atoms with Crippen LogP contribution >= 0.6 is 11.3 Å². The molecule has 0 aliphatic carbocycles. The first-order chi connectivity index (χ1) is 8.63. The molecular weight excluding hydrogens is 242 g/mol. The van der Waals surface area contributed by atoms with Crippen LogP contribution in [0.25, 0.3) is 0 Å². The minimum atomic E-state index is 0.267. The van der Waals surface area contributed by atoms with E-state index in [1.165, 1.54) is 21.7 Å². The number of aryl methyl sites for hydroxylation is 2. The van der Waals surface area contributed by atoms with Gasteiger partial charge in [-0.2, -0.15) is 5.10 Å². The van der Waals surface area contributed by atoms with Gasteiger partial charge in [0.25, 0.3) is 0 Å². The smallest absolute Gasteiger partial charge is 0.0618 e. The molecular formula is C14H21N3S. The molecule has 2 rings (SSSR count). The van der Waals surface area contributed by atoms with Crippen LogP contribution in [0.3, 0.4) is 0 Å². The van der Waals surface area contributed by atoms with E-state index in [1.54, 1.807) is 11.3 Å². The number of rotatable bonds is 5. The van der Waals surface area contributed by atoms with Gasteiger partial charge in [-0.1, -0.05) is 6.92 Å². The second-order valence-electron chi connectivity index (χ2n) is 4.69. The summed E-state index contributed by atoms with van der Waals surface area (Å²) in [6.45, 7) is 7.50. The fraction of sp³-hybridized carbons (Fsp3) is 0.500. The molecule has 0 saturated heterocycles. The van der Waals surface area contributed by atoms with Crippen molar-refractivity contribution in [2.75, 3.05) is 6.54 Å². The van der Waals surface area contributed by atoms with Crippen molar-refractivity contribution in [1.29, 1.82) is 0 Å². The zero-order chi connectivity index (χ0) is 13.1. The summed E-state index contributed by atoms with van der Waals surface area (Å²) in [7, 11) is 1.99. The highest BCUT2D eigenvalue weighted by Crippen LogP contribution is 2.28. The van der Waals surface area contributed by atoms with Crippen LogP contribution in [0.15, 0.2) is 17.6 Å². The Labute approximate surface area is 113 Å².